The van der Waals surface area contributed by atoms with Gasteiger partial charge < -0.3 is 15.3 Å². The first-order valence-corrected chi connectivity index (χ1v) is 6.10. The Kier molecular flexibility index (Phi) is 4.24. The van der Waals surface area contributed by atoms with Crippen molar-refractivity contribution in [1.29, 1.82) is 0 Å². The number of aliphatic hydroxyl groups is 3. The summed E-state index contributed by atoms with van der Waals surface area (Å²) in [6.07, 6.45) is -4.49. The molecule has 2 atom stereocenters. The summed E-state index contributed by atoms with van der Waals surface area (Å²) < 4.78 is 28.0. The van der Waals surface area contributed by atoms with Gasteiger partial charge in [-0.15, -0.1) is 0 Å². The van der Waals surface area contributed by atoms with Gasteiger partial charge in [0.05, 0.1) is 6.61 Å². The van der Waals surface area contributed by atoms with E-state index in [1.807, 2.05) is 0 Å². The molecule has 0 radical (unpaired) electrons. The summed E-state index contributed by atoms with van der Waals surface area (Å²) in [5.41, 5.74) is -1.80. The minimum Gasteiger partial charge on any atom is -0.394 e. The molecule has 0 aromatic carbocycles. The number of aliphatic hydroxyl groups excluding tert-OH is 3. The lowest BCUT2D eigenvalue weighted by molar-refractivity contribution is -0.136. The fourth-order valence-corrected chi connectivity index (χ4v) is 1.83. The Morgan fingerprint density at radius 3 is 2.73 bits per heavy atom. The summed E-state index contributed by atoms with van der Waals surface area (Å²) in [4.78, 5) is 32.4. The van der Waals surface area contributed by atoms with E-state index < -0.39 is 52.7 Å². The minimum absolute atomic E-state index is 0.226. The Morgan fingerprint density at radius 2 is 2.14 bits per heavy atom. The van der Waals surface area contributed by atoms with Gasteiger partial charge in [-0.1, -0.05) is 0 Å². The van der Waals surface area contributed by atoms with E-state index in [-0.39, 0.29) is 4.57 Å². The van der Waals surface area contributed by atoms with Crippen molar-refractivity contribution in [2.45, 2.75) is 18.1 Å². The van der Waals surface area contributed by atoms with Crippen LogP contribution in [0.15, 0.2) is 11.1 Å². The third kappa shape index (κ3) is 2.59. The molecule has 0 aliphatic carbocycles. The molecule has 0 unspecified atom stereocenters. The van der Waals surface area contributed by atoms with Crippen LogP contribution in [0.1, 0.15) is 4.79 Å². The highest BCUT2D eigenvalue weighted by Crippen LogP contribution is 2.25. The van der Waals surface area contributed by atoms with Crippen LogP contribution in [0.2, 0.25) is 5.28 Å². The van der Waals surface area contributed by atoms with Crippen LogP contribution in [0, 0.1) is 0 Å². The van der Waals surface area contributed by atoms with Gasteiger partial charge in [0.1, 0.15) is 12.4 Å². The van der Waals surface area contributed by atoms with Gasteiger partial charge in [0.15, 0.2) is 17.3 Å². The number of aromatic nitrogens is 4. The largest absolute Gasteiger partial charge is 0.394 e. The van der Waals surface area contributed by atoms with Crippen molar-refractivity contribution in [2.75, 3.05) is 6.61 Å². The van der Waals surface area contributed by atoms with Crippen molar-refractivity contribution < 1.29 is 28.9 Å². The first kappa shape index (κ1) is 16.4. The van der Waals surface area contributed by atoms with Gasteiger partial charge in [0.25, 0.3) is 5.56 Å². The van der Waals surface area contributed by atoms with Crippen LogP contribution in [0.3, 0.4) is 0 Å². The smallest absolute Gasteiger partial charge is 0.353 e. The van der Waals surface area contributed by atoms with E-state index in [2.05, 4.69) is 15.0 Å². The predicted octanol–water partition coefficient (Wildman–Crippen LogP) is -1.24. The van der Waals surface area contributed by atoms with Crippen LogP contribution in [-0.4, -0.2) is 65.5 Å². The lowest BCUT2D eigenvalue weighted by Crippen LogP contribution is -2.51. The average Bonchev–Trinajstić information content (AvgIpc) is 2.88. The second kappa shape index (κ2) is 5.68. The molecule has 9 nitrogen and oxygen atoms in total. The van der Waals surface area contributed by atoms with E-state index in [1.54, 1.807) is 0 Å². The number of carbonyl (C=O) groups excluding carboxylic acids is 1. The molecule has 12 heteroatoms. The highest BCUT2D eigenvalue weighted by Gasteiger charge is 2.51. The third-order valence-electron chi connectivity index (χ3n) is 2.81. The van der Waals surface area contributed by atoms with Gasteiger partial charge in [0, 0.05) is 0 Å². The molecule has 0 saturated heterocycles. The van der Waals surface area contributed by atoms with Gasteiger partial charge in [0.2, 0.25) is 5.28 Å². The summed E-state index contributed by atoms with van der Waals surface area (Å²) in [6, 6.07) is 0. The van der Waals surface area contributed by atoms with Crippen molar-refractivity contribution in [3.63, 3.8) is 0 Å². The van der Waals surface area contributed by atoms with E-state index in [9.17, 15) is 23.5 Å². The van der Waals surface area contributed by atoms with Gasteiger partial charge in [-0.25, -0.2) is 9.55 Å². The molecule has 2 rings (SSSR count). The third-order valence-corrected chi connectivity index (χ3v) is 2.98. The molecule has 0 bridgehead atoms. The monoisotopic (exact) mass is 338 g/mol. The van der Waals surface area contributed by atoms with E-state index in [1.165, 1.54) is 0 Å². The number of imidazole rings is 1. The first-order chi connectivity index (χ1) is 10.2. The molecule has 22 heavy (non-hydrogen) atoms. The van der Waals surface area contributed by atoms with Crippen molar-refractivity contribution >= 4 is 28.7 Å². The zero-order valence-corrected chi connectivity index (χ0v) is 11.3. The van der Waals surface area contributed by atoms with Crippen LogP contribution in [0.25, 0.3) is 11.2 Å². The number of nitrogens with zero attached hydrogens (tertiary/aromatic N) is 3. The summed E-state index contributed by atoms with van der Waals surface area (Å²) in [5.74, 6) is -6.46. The number of H-pyrrole nitrogens is 1. The van der Waals surface area contributed by atoms with Gasteiger partial charge in [-0.3, -0.25) is 14.6 Å². The molecule has 4 N–H and O–H groups in total. The first-order valence-electron chi connectivity index (χ1n) is 5.72. The standard InChI is InChI=1S/C10H9ClF2N4O5/c11-9-15-6-4(7(21)16-9)14-2-17(6)8(22)10(12,13)5(20)3(19)1-18/h2-3,5,18-20H,1H2,(H,15,16,21)/t3-,5-/m1/s1. The molecule has 120 valence electrons. The Balaban J connectivity index is 2.52. The van der Waals surface area contributed by atoms with Crippen molar-refractivity contribution in [3.05, 3.63) is 22.0 Å². The Labute approximate surface area is 124 Å². The van der Waals surface area contributed by atoms with Crippen LogP contribution >= 0.6 is 11.6 Å². The SMILES string of the molecule is O=C(n1cnc2c(=O)[nH]c(Cl)nc21)C(F)(F)[C@H](O)[C@H](O)CO. The van der Waals surface area contributed by atoms with Gasteiger partial charge in [-0.2, -0.15) is 13.8 Å². The lowest BCUT2D eigenvalue weighted by Gasteiger charge is -2.24. The van der Waals surface area contributed by atoms with Crippen molar-refractivity contribution in [3.8, 4) is 0 Å². The topological polar surface area (TPSA) is 141 Å². The zero-order valence-electron chi connectivity index (χ0n) is 10.6. The molecule has 2 heterocycles. The van der Waals surface area contributed by atoms with Gasteiger partial charge >= 0.3 is 11.8 Å². The summed E-state index contributed by atoms with van der Waals surface area (Å²) in [6.45, 7) is -1.18. The zero-order chi connectivity index (χ0) is 16.7. The van der Waals surface area contributed by atoms with Gasteiger partial charge in [-0.05, 0) is 11.6 Å². The Morgan fingerprint density at radius 1 is 1.50 bits per heavy atom. The molecule has 0 aliphatic rings. The quantitative estimate of drug-likeness (QED) is 0.511. The number of carbonyl (C=O) groups is 1. The number of alkyl halides is 2. The molecule has 0 aliphatic heterocycles. The molecular weight excluding hydrogens is 330 g/mol. The number of fused-ring (bicyclic) bond motifs is 1. The second-order valence-electron chi connectivity index (χ2n) is 4.27. The van der Waals surface area contributed by atoms with E-state index >= 15 is 0 Å². The maximum absolute atomic E-state index is 13.9. The van der Waals surface area contributed by atoms with E-state index in [0.29, 0.717) is 6.33 Å². The maximum Gasteiger partial charge on any atom is 0.353 e. The number of rotatable bonds is 4. The van der Waals surface area contributed by atoms with E-state index in [0.717, 1.165) is 0 Å². The minimum atomic E-state index is -4.47. The van der Waals surface area contributed by atoms with Crippen LogP contribution in [0.4, 0.5) is 8.78 Å². The summed E-state index contributed by atoms with van der Waals surface area (Å²) >= 11 is 5.48. The average molecular weight is 339 g/mol. The van der Waals surface area contributed by atoms with Crippen molar-refractivity contribution in [1.82, 2.24) is 19.5 Å². The fraction of sp³-hybridized carbons (Fsp3) is 0.400. The molecular formula is C10H9ClF2N4O5. The number of hydrogen-bond donors (Lipinski definition) is 4. The van der Waals surface area contributed by atoms with Crippen LogP contribution in [0.5, 0.6) is 0 Å². The Hall–Kier alpha value is -1.95. The molecule has 0 amide bonds. The number of hydrogen-bond acceptors (Lipinski definition) is 7. The molecule has 2 aromatic heterocycles. The normalized spacial score (nSPS) is 15.0. The predicted molar refractivity (Wildman–Crippen MR) is 67.8 cm³/mol. The van der Waals surface area contributed by atoms with Crippen molar-refractivity contribution in [2.24, 2.45) is 0 Å². The van der Waals surface area contributed by atoms with Crippen LogP contribution in [-0.2, 0) is 0 Å². The summed E-state index contributed by atoms with van der Waals surface area (Å²) in [5, 5.41) is 26.5. The fourth-order valence-electron chi connectivity index (χ4n) is 1.66. The molecule has 0 saturated carbocycles. The number of halogens is 3. The second-order valence-corrected chi connectivity index (χ2v) is 4.62. The van der Waals surface area contributed by atoms with Crippen LogP contribution < -0.4 is 5.56 Å². The number of aromatic amines is 1. The highest BCUT2D eigenvalue weighted by atomic mass is 35.5. The summed E-state index contributed by atoms with van der Waals surface area (Å²) in [7, 11) is 0. The molecule has 2 aromatic rings. The lowest BCUT2D eigenvalue weighted by atomic mass is 10.1. The molecule has 0 spiro atoms. The maximum atomic E-state index is 13.9. The molecule has 0 fully saturated rings. The van der Waals surface area contributed by atoms with E-state index in [4.69, 9.17) is 21.8 Å². The highest BCUT2D eigenvalue weighted by molar-refractivity contribution is 6.28. The Bertz CT molecular complexity index is 776. The number of nitrogens with one attached hydrogen (secondary N) is 1.